The van der Waals surface area contributed by atoms with Crippen LogP contribution in [0.3, 0.4) is 0 Å². The summed E-state index contributed by atoms with van der Waals surface area (Å²) in [5.74, 6) is -0.212. The van der Waals surface area contributed by atoms with Crippen LogP contribution in [-0.2, 0) is 11.3 Å². The van der Waals surface area contributed by atoms with Crippen LogP contribution in [0.4, 0.5) is 5.69 Å². The third kappa shape index (κ3) is 3.55. The normalized spacial score (nSPS) is 10.2. The van der Waals surface area contributed by atoms with Crippen molar-refractivity contribution >= 4 is 11.6 Å². The fourth-order valence-electron chi connectivity index (χ4n) is 1.77. The first-order valence-corrected chi connectivity index (χ1v) is 6.08. The van der Waals surface area contributed by atoms with Crippen LogP contribution in [0.5, 0.6) is 0 Å². The van der Waals surface area contributed by atoms with Gasteiger partial charge >= 0.3 is 0 Å². The molecule has 19 heavy (non-hydrogen) atoms. The summed E-state index contributed by atoms with van der Waals surface area (Å²) in [6.45, 7) is 3.89. The molecule has 4 heteroatoms. The Morgan fingerprint density at radius 2 is 1.68 bits per heavy atom. The zero-order valence-electron chi connectivity index (χ0n) is 11.0. The van der Waals surface area contributed by atoms with Gasteiger partial charge in [0.2, 0.25) is 5.91 Å². The molecule has 2 aromatic rings. The van der Waals surface area contributed by atoms with Gasteiger partial charge in [-0.3, -0.25) is 9.59 Å². The molecule has 1 amide bonds. The summed E-state index contributed by atoms with van der Waals surface area (Å²) in [6, 6.07) is 10.7. The van der Waals surface area contributed by atoms with E-state index in [1.807, 2.05) is 38.1 Å². The van der Waals surface area contributed by atoms with Crippen molar-refractivity contribution in [2.45, 2.75) is 20.4 Å². The standard InChI is InChI=1S/C15H16N2O2/c1-11-3-6-13(7-4-11)16-14(18)10-17-9-12(2)5-8-15(17)19/h3-9H,10H2,1-2H3,(H,16,18). The van der Waals surface area contributed by atoms with Gasteiger partial charge in [0.05, 0.1) is 0 Å². The number of nitrogens with one attached hydrogen (secondary N) is 1. The molecule has 98 valence electrons. The quantitative estimate of drug-likeness (QED) is 0.914. The van der Waals surface area contributed by atoms with Crippen molar-refractivity contribution in [2.24, 2.45) is 0 Å². The Hall–Kier alpha value is -2.36. The minimum atomic E-state index is -0.212. The number of pyridine rings is 1. The number of aromatic nitrogens is 1. The first-order valence-electron chi connectivity index (χ1n) is 6.08. The molecule has 0 saturated carbocycles. The highest BCUT2D eigenvalue weighted by molar-refractivity contribution is 5.90. The van der Waals surface area contributed by atoms with Crippen LogP contribution in [0.1, 0.15) is 11.1 Å². The van der Waals surface area contributed by atoms with Gasteiger partial charge in [-0.2, -0.15) is 0 Å². The maximum atomic E-state index is 11.9. The first kappa shape index (κ1) is 13.1. The van der Waals surface area contributed by atoms with Crippen molar-refractivity contribution in [3.63, 3.8) is 0 Å². The van der Waals surface area contributed by atoms with E-state index < -0.39 is 0 Å². The Morgan fingerprint density at radius 1 is 1.05 bits per heavy atom. The molecule has 1 N–H and O–H groups in total. The van der Waals surface area contributed by atoms with Gasteiger partial charge in [0, 0.05) is 18.0 Å². The lowest BCUT2D eigenvalue weighted by Gasteiger charge is -2.08. The van der Waals surface area contributed by atoms with Gasteiger partial charge in [0.15, 0.2) is 0 Å². The minimum absolute atomic E-state index is 0.0222. The molecule has 4 nitrogen and oxygen atoms in total. The maximum Gasteiger partial charge on any atom is 0.251 e. The second-order valence-electron chi connectivity index (χ2n) is 4.59. The van der Waals surface area contributed by atoms with E-state index in [1.165, 1.54) is 10.6 Å². The lowest BCUT2D eigenvalue weighted by atomic mass is 10.2. The summed E-state index contributed by atoms with van der Waals surface area (Å²) in [5.41, 5.74) is 2.64. The summed E-state index contributed by atoms with van der Waals surface area (Å²) in [7, 11) is 0. The average molecular weight is 256 g/mol. The number of carbonyl (C=O) groups excluding carboxylic acids is 1. The monoisotopic (exact) mass is 256 g/mol. The number of benzene rings is 1. The second-order valence-corrected chi connectivity index (χ2v) is 4.59. The predicted octanol–water partition coefficient (Wildman–Crippen LogP) is 2.10. The lowest BCUT2D eigenvalue weighted by Crippen LogP contribution is -2.26. The molecule has 0 aliphatic heterocycles. The Bertz CT molecular complexity index is 642. The first-order chi connectivity index (χ1) is 9.04. The predicted molar refractivity (Wildman–Crippen MR) is 75.2 cm³/mol. The molecule has 2 rings (SSSR count). The number of nitrogens with zero attached hydrogens (tertiary/aromatic N) is 1. The topological polar surface area (TPSA) is 51.1 Å². The highest BCUT2D eigenvalue weighted by atomic mass is 16.2. The minimum Gasteiger partial charge on any atom is -0.325 e. The number of rotatable bonds is 3. The molecule has 0 radical (unpaired) electrons. The summed E-state index contributed by atoms with van der Waals surface area (Å²) in [4.78, 5) is 23.4. The van der Waals surface area contributed by atoms with Crippen molar-refractivity contribution in [2.75, 3.05) is 5.32 Å². The van der Waals surface area contributed by atoms with Crippen LogP contribution in [0.15, 0.2) is 47.4 Å². The van der Waals surface area contributed by atoms with E-state index in [0.29, 0.717) is 0 Å². The number of hydrogen-bond acceptors (Lipinski definition) is 2. The third-order valence-electron chi connectivity index (χ3n) is 2.78. The fraction of sp³-hybridized carbons (Fsp3) is 0.200. The molecule has 0 aliphatic carbocycles. The van der Waals surface area contributed by atoms with Crippen molar-refractivity contribution in [1.82, 2.24) is 4.57 Å². The molecule has 1 aromatic carbocycles. The Kier molecular flexibility index (Phi) is 3.80. The lowest BCUT2D eigenvalue weighted by molar-refractivity contribution is -0.116. The third-order valence-corrected chi connectivity index (χ3v) is 2.78. The number of hydrogen-bond donors (Lipinski definition) is 1. The van der Waals surface area contributed by atoms with Gasteiger partial charge in [-0.1, -0.05) is 23.8 Å². The van der Waals surface area contributed by atoms with Crippen LogP contribution >= 0.6 is 0 Å². The van der Waals surface area contributed by atoms with Gasteiger partial charge < -0.3 is 9.88 Å². The number of amides is 1. The Morgan fingerprint density at radius 3 is 2.37 bits per heavy atom. The average Bonchev–Trinajstić information content (AvgIpc) is 2.37. The van der Waals surface area contributed by atoms with Gasteiger partial charge in [0.1, 0.15) is 6.54 Å². The molecule has 0 saturated heterocycles. The molecule has 1 aromatic heterocycles. The van der Waals surface area contributed by atoms with Gasteiger partial charge in [-0.15, -0.1) is 0 Å². The number of carbonyl (C=O) groups is 1. The highest BCUT2D eigenvalue weighted by Gasteiger charge is 2.05. The molecular formula is C15H16N2O2. The van der Waals surface area contributed by atoms with E-state index in [2.05, 4.69) is 5.32 Å². The van der Waals surface area contributed by atoms with E-state index >= 15 is 0 Å². The number of anilines is 1. The zero-order valence-corrected chi connectivity index (χ0v) is 11.0. The van der Waals surface area contributed by atoms with Crippen LogP contribution in [0, 0.1) is 13.8 Å². The van der Waals surface area contributed by atoms with Crippen molar-refractivity contribution in [3.8, 4) is 0 Å². The molecule has 0 unspecified atom stereocenters. The van der Waals surface area contributed by atoms with Crippen LogP contribution in [0.2, 0.25) is 0 Å². The summed E-state index contributed by atoms with van der Waals surface area (Å²) in [6.07, 6.45) is 1.68. The van der Waals surface area contributed by atoms with Gasteiger partial charge in [-0.05, 0) is 31.5 Å². The van der Waals surface area contributed by atoms with E-state index in [4.69, 9.17) is 0 Å². The molecule has 1 heterocycles. The van der Waals surface area contributed by atoms with E-state index in [1.54, 1.807) is 12.3 Å². The van der Waals surface area contributed by atoms with Crippen molar-refractivity contribution in [1.29, 1.82) is 0 Å². The summed E-state index contributed by atoms with van der Waals surface area (Å²) in [5, 5.41) is 2.77. The smallest absolute Gasteiger partial charge is 0.251 e. The SMILES string of the molecule is Cc1ccc(NC(=O)Cn2cc(C)ccc2=O)cc1. The Labute approximate surface area is 111 Å². The summed E-state index contributed by atoms with van der Waals surface area (Å²) >= 11 is 0. The van der Waals surface area contributed by atoms with Crippen LogP contribution in [-0.4, -0.2) is 10.5 Å². The Balaban J connectivity index is 2.07. The van der Waals surface area contributed by atoms with Crippen LogP contribution < -0.4 is 10.9 Å². The van der Waals surface area contributed by atoms with Crippen molar-refractivity contribution < 1.29 is 4.79 Å². The van der Waals surface area contributed by atoms with Gasteiger partial charge in [0.25, 0.3) is 5.56 Å². The molecular weight excluding hydrogens is 240 g/mol. The van der Waals surface area contributed by atoms with E-state index in [-0.39, 0.29) is 18.0 Å². The molecule has 0 spiro atoms. The van der Waals surface area contributed by atoms with Crippen molar-refractivity contribution in [3.05, 3.63) is 64.1 Å². The molecule has 0 aliphatic rings. The number of aryl methyl sites for hydroxylation is 2. The fourth-order valence-corrected chi connectivity index (χ4v) is 1.77. The van der Waals surface area contributed by atoms with E-state index in [9.17, 15) is 9.59 Å². The summed E-state index contributed by atoms with van der Waals surface area (Å²) < 4.78 is 1.40. The van der Waals surface area contributed by atoms with Crippen LogP contribution in [0.25, 0.3) is 0 Å². The highest BCUT2D eigenvalue weighted by Crippen LogP contribution is 2.08. The molecule has 0 bridgehead atoms. The van der Waals surface area contributed by atoms with Gasteiger partial charge in [-0.25, -0.2) is 0 Å². The zero-order chi connectivity index (χ0) is 13.8. The molecule has 0 atom stereocenters. The van der Waals surface area contributed by atoms with E-state index in [0.717, 1.165) is 16.8 Å². The maximum absolute atomic E-state index is 11.9. The second kappa shape index (κ2) is 5.52. The molecule has 0 fully saturated rings. The largest absolute Gasteiger partial charge is 0.325 e.